The maximum Gasteiger partial charge on any atom is 0.123 e. The number of hydrogen-bond acceptors (Lipinski definition) is 2. The molecule has 1 aromatic rings. The normalized spacial score (nSPS) is 14.0. The van der Waals surface area contributed by atoms with Gasteiger partial charge in [0.05, 0.1) is 6.10 Å². The Kier molecular flexibility index (Phi) is 6.49. The Morgan fingerprint density at radius 1 is 1.00 bits per heavy atom. The summed E-state index contributed by atoms with van der Waals surface area (Å²) in [6, 6.07) is 6.56. The van der Waals surface area contributed by atoms with Gasteiger partial charge in [0.2, 0.25) is 0 Å². The molecule has 0 saturated carbocycles. The summed E-state index contributed by atoms with van der Waals surface area (Å²) in [5.74, 6) is 0.912. The highest BCUT2D eigenvalue weighted by atomic mass is 16.5. The summed E-state index contributed by atoms with van der Waals surface area (Å²) in [6.45, 7) is 15.9. The Morgan fingerprint density at radius 3 is 2.09 bits per heavy atom. The first-order chi connectivity index (χ1) is 10.2. The number of aliphatic hydroxyl groups is 1. The smallest absolute Gasteiger partial charge is 0.123 e. The van der Waals surface area contributed by atoms with Gasteiger partial charge < -0.3 is 9.84 Å². The van der Waals surface area contributed by atoms with Crippen LogP contribution in [-0.4, -0.2) is 17.8 Å². The minimum Gasteiger partial charge on any atom is -0.491 e. The third-order valence-corrected chi connectivity index (χ3v) is 5.16. The van der Waals surface area contributed by atoms with Crippen molar-refractivity contribution in [2.45, 2.75) is 84.7 Å². The average Bonchev–Trinajstić information content (AvgIpc) is 2.52. The topological polar surface area (TPSA) is 29.5 Å². The van der Waals surface area contributed by atoms with E-state index >= 15 is 0 Å². The zero-order valence-corrected chi connectivity index (χ0v) is 15.5. The van der Waals surface area contributed by atoms with Gasteiger partial charge in [0.1, 0.15) is 12.4 Å². The van der Waals surface area contributed by atoms with Gasteiger partial charge in [0.25, 0.3) is 0 Å². The van der Waals surface area contributed by atoms with E-state index in [0.29, 0.717) is 13.0 Å². The van der Waals surface area contributed by atoms with Crippen molar-refractivity contribution in [1.29, 1.82) is 0 Å². The lowest BCUT2D eigenvalue weighted by atomic mass is 9.76. The molecule has 1 N–H and O–H groups in total. The predicted octanol–water partition coefficient (Wildman–Crippen LogP) is 5.21. The molecule has 0 radical (unpaired) electrons. The second-order valence-electron chi connectivity index (χ2n) is 7.56. The zero-order valence-electron chi connectivity index (χ0n) is 15.5. The quantitative estimate of drug-likeness (QED) is 0.714. The van der Waals surface area contributed by atoms with Crippen LogP contribution in [0.4, 0.5) is 0 Å². The molecule has 0 fully saturated rings. The van der Waals surface area contributed by atoms with Crippen LogP contribution in [-0.2, 0) is 10.8 Å². The third-order valence-electron chi connectivity index (χ3n) is 5.16. The van der Waals surface area contributed by atoms with Crippen molar-refractivity contribution in [2.75, 3.05) is 6.61 Å². The van der Waals surface area contributed by atoms with Gasteiger partial charge in [-0.05, 0) is 41.7 Å². The van der Waals surface area contributed by atoms with E-state index in [1.807, 2.05) is 6.92 Å². The molecule has 126 valence electrons. The first kappa shape index (κ1) is 19.0. The molecule has 2 heteroatoms. The summed E-state index contributed by atoms with van der Waals surface area (Å²) >= 11 is 0. The summed E-state index contributed by atoms with van der Waals surface area (Å²) in [4.78, 5) is 0. The molecule has 1 unspecified atom stereocenters. The number of rotatable bonds is 8. The zero-order chi connectivity index (χ0) is 17.0. The minimum absolute atomic E-state index is 0.0618. The molecule has 0 spiro atoms. The molecule has 0 aliphatic heterocycles. The van der Waals surface area contributed by atoms with Gasteiger partial charge >= 0.3 is 0 Å². The summed E-state index contributed by atoms with van der Waals surface area (Å²) in [7, 11) is 0. The molecule has 0 aliphatic rings. The Bertz CT molecular complexity index is 475. The van der Waals surface area contributed by atoms with Crippen molar-refractivity contribution in [2.24, 2.45) is 0 Å². The molecule has 0 bridgehead atoms. The molecule has 2 nitrogen and oxygen atoms in total. The van der Waals surface area contributed by atoms with E-state index in [9.17, 15) is 5.11 Å². The Hall–Kier alpha value is -1.02. The lowest BCUT2D eigenvalue weighted by Crippen LogP contribution is -2.23. The Morgan fingerprint density at radius 2 is 1.59 bits per heavy atom. The van der Waals surface area contributed by atoms with E-state index in [-0.39, 0.29) is 10.8 Å². The van der Waals surface area contributed by atoms with Crippen LogP contribution < -0.4 is 4.74 Å². The van der Waals surface area contributed by atoms with Crippen LogP contribution in [0.25, 0.3) is 0 Å². The van der Waals surface area contributed by atoms with E-state index in [1.165, 1.54) is 11.1 Å². The van der Waals surface area contributed by atoms with Gasteiger partial charge in [-0.1, -0.05) is 60.6 Å². The van der Waals surface area contributed by atoms with Crippen molar-refractivity contribution in [3.8, 4) is 5.75 Å². The fourth-order valence-electron chi connectivity index (χ4n) is 2.30. The molecule has 1 atom stereocenters. The van der Waals surface area contributed by atoms with Crippen LogP contribution in [0, 0.1) is 0 Å². The summed E-state index contributed by atoms with van der Waals surface area (Å²) < 4.78 is 5.93. The monoisotopic (exact) mass is 306 g/mol. The predicted molar refractivity (Wildman–Crippen MR) is 94.9 cm³/mol. The molecular weight excluding hydrogens is 272 g/mol. The van der Waals surface area contributed by atoms with Crippen molar-refractivity contribution in [1.82, 2.24) is 0 Å². The van der Waals surface area contributed by atoms with Crippen LogP contribution in [0.15, 0.2) is 18.2 Å². The number of benzene rings is 1. The summed E-state index contributed by atoms with van der Waals surface area (Å²) in [5.41, 5.74) is 2.83. The SMILES string of the molecule is CCC(O)COc1ccc(C(C)(C)CC)cc1C(C)(C)CC. The minimum atomic E-state index is -0.399. The van der Waals surface area contributed by atoms with Crippen LogP contribution in [0.3, 0.4) is 0 Å². The molecule has 1 rings (SSSR count). The summed E-state index contributed by atoms with van der Waals surface area (Å²) in [5, 5.41) is 9.77. The highest BCUT2D eigenvalue weighted by molar-refractivity contribution is 5.44. The van der Waals surface area contributed by atoms with Crippen LogP contribution >= 0.6 is 0 Å². The maximum atomic E-state index is 9.77. The van der Waals surface area contributed by atoms with Crippen LogP contribution in [0.1, 0.15) is 78.9 Å². The fraction of sp³-hybridized carbons (Fsp3) is 0.700. The molecule has 0 amide bonds. The lowest BCUT2D eigenvalue weighted by molar-refractivity contribution is 0.103. The van der Waals surface area contributed by atoms with Gasteiger partial charge in [-0.3, -0.25) is 0 Å². The largest absolute Gasteiger partial charge is 0.491 e. The standard InChI is InChI=1S/C20H34O2/c1-8-16(21)14-22-18-12-11-15(19(4,5)9-2)13-17(18)20(6,7)10-3/h11-13,16,21H,8-10,14H2,1-7H3. The second kappa shape index (κ2) is 7.50. The molecule has 22 heavy (non-hydrogen) atoms. The molecule has 0 saturated heterocycles. The number of aliphatic hydroxyl groups excluding tert-OH is 1. The average molecular weight is 306 g/mol. The second-order valence-corrected chi connectivity index (χ2v) is 7.56. The van der Waals surface area contributed by atoms with Gasteiger partial charge in [0.15, 0.2) is 0 Å². The molecule has 0 heterocycles. The van der Waals surface area contributed by atoms with Crippen LogP contribution in [0.5, 0.6) is 5.75 Å². The molecule has 0 aromatic heterocycles. The van der Waals surface area contributed by atoms with Crippen molar-refractivity contribution in [3.63, 3.8) is 0 Å². The fourth-order valence-corrected chi connectivity index (χ4v) is 2.30. The highest BCUT2D eigenvalue weighted by Crippen LogP contribution is 2.38. The van der Waals surface area contributed by atoms with Gasteiger partial charge in [-0.2, -0.15) is 0 Å². The summed E-state index contributed by atoms with van der Waals surface area (Å²) in [6.07, 6.45) is 2.47. The number of ether oxygens (including phenoxy) is 1. The first-order valence-corrected chi connectivity index (χ1v) is 8.63. The molecule has 1 aromatic carbocycles. The number of hydrogen-bond donors (Lipinski definition) is 1. The highest BCUT2D eigenvalue weighted by Gasteiger charge is 2.26. The van der Waals surface area contributed by atoms with Crippen molar-refractivity contribution < 1.29 is 9.84 Å². The van der Waals surface area contributed by atoms with E-state index in [1.54, 1.807) is 0 Å². The van der Waals surface area contributed by atoms with E-state index in [0.717, 1.165) is 18.6 Å². The van der Waals surface area contributed by atoms with Gasteiger partial charge in [-0.15, -0.1) is 0 Å². The third kappa shape index (κ3) is 4.49. The first-order valence-electron chi connectivity index (χ1n) is 8.63. The van der Waals surface area contributed by atoms with Crippen molar-refractivity contribution >= 4 is 0 Å². The Balaban J connectivity index is 3.22. The van der Waals surface area contributed by atoms with Crippen molar-refractivity contribution in [3.05, 3.63) is 29.3 Å². The molecule has 0 aliphatic carbocycles. The maximum absolute atomic E-state index is 9.77. The van der Waals surface area contributed by atoms with E-state index in [2.05, 4.69) is 59.7 Å². The van der Waals surface area contributed by atoms with Gasteiger partial charge in [0, 0.05) is 5.56 Å². The van der Waals surface area contributed by atoms with E-state index in [4.69, 9.17) is 4.74 Å². The Labute approximate surface area is 136 Å². The van der Waals surface area contributed by atoms with E-state index < -0.39 is 6.10 Å². The van der Waals surface area contributed by atoms with Crippen LogP contribution in [0.2, 0.25) is 0 Å². The van der Waals surface area contributed by atoms with Gasteiger partial charge in [-0.25, -0.2) is 0 Å². The molecular formula is C20H34O2. The lowest BCUT2D eigenvalue weighted by Gasteiger charge is -2.30.